The van der Waals surface area contributed by atoms with Crippen LogP contribution < -0.4 is 14.4 Å². The van der Waals surface area contributed by atoms with E-state index in [1.54, 1.807) is 53.4 Å². The summed E-state index contributed by atoms with van der Waals surface area (Å²) in [7, 11) is -4.23. The first-order valence-electron chi connectivity index (χ1n) is 18.3. The lowest BCUT2D eigenvalue weighted by Crippen LogP contribution is -2.55. The highest BCUT2D eigenvalue weighted by Gasteiger charge is 2.35. The van der Waals surface area contributed by atoms with Gasteiger partial charge in [-0.3, -0.25) is 13.9 Å². The van der Waals surface area contributed by atoms with Gasteiger partial charge in [-0.1, -0.05) is 115 Å². The van der Waals surface area contributed by atoms with Crippen molar-refractivity contribution in [3.8, 4) is 11.5 Å². The number of amides is 2. The molecule has 0 unspecified atom stereocenters. The summed E-state index contributed by atoms with van der Waals surface area (Å²) in [6.07, 6.45) is 5.28. The summed E-state index contributed by atoms with van der Waals surface area (Å²) in [6, 6.07) is 39.1. The van der Waals surface area contributed by atoms with Crippen LogP contribution in [0.2, 0.25) is 0 Å². The fourth-order valence-electron chi connectivity index (χ4n) is 6.78. The van der Waals surface area contributed by atoms with Crippen LogP contribution >= 0.6 is 0 Å². The number of aryl methyl sites for hydroxylation is 2. The van der Waals surface area contributed by atoms with E-state index in [0.29, 0.717) is 17.2 Å². The lowest BCUT2D eigenvalue weighted by molar-refractivity contribution is -0.140. The molecule has 1 fully saturated rings. The molecule has 6 rings (SSSR count). The van der Waals surface area contributed by atoms with E-state index >= 15 is 0 Å². The van der Waals surface area contributed by atoms with Crippen LogP contribution in [0.25, 0.3) is 0 Å². The largest absolute Gasteiger partial charge is 0.457 e. The van der Waals surface area contributed by atoms with Gasteiger partial charge >= 0.3 is 0 Å². The number of hydrogen-bond donors (Lipinski definition) is 1. The number of rotatable bonds is 14. The summed E-state index contributed by atoms with van der Waals surface area (Å²) in [6.45, 7) is 3.47. The third-order valence-corrected chi connectivity index (χ3v) is 11.4. The second-order valence-electron chi connectivity index (χ2n) is 13.8. The number of para-hydroxylation sites is 1. The minimum absolute atomic E-state index is 0.0282. The van der Waals surface area contributed by atoms with Gasteiger partial charge in [0.2, 0.25) is 11.8 Å². The first-order valence-corrected chi connectivity index (χ1v) is 19.7. The van der Waals surface area contributed by atoms with Gasteiger partial charge in [0.05, 0.1) is 10.6 Å². The first kappa shape index (κ1) is 37.4. The zero-order chi connectivity index (χ0) is 37.2. The number of carbonyl (C=O) groups excluding carboxylic acids is 2. The number of hydrogen-bond acceptors (Lipinski definition) is 5. The van der Waals surface area contributed by atoms with Crippen LogP contribution in [0.1, 0.15) is 54.4 Å². The van der Waals surface area contributed by atoms with E-state index in [2.05, 4.69) is 5.32 Å². The SMILES string of the molecule is Cc1ccc(S(=O)(=O)N(CC(=O)N(Cc2cccc(C)c2)[C@@H](Cc2ccccc2)C(=O)NC2CCCCC2)c2ccc(Oc3ccccc3)cc2)cc1. The monoisotopic (exact) mass is 729 g/mol. The van der Waals surface area contributed by atoms with Crippen molar-refractivity contribution in [1.29, 1.82) is 0 Å². The fourth-order valence-corrected chi connectivity index (χ4v) is 8.19. The Bertz CT molecular complexity index is 2070. The van der Waals surface area contributed by atoms with Gasteiger partial charge in [0, 0.05) is 19.0 Å². The van der Waals surface area contributed by atoms with Crippen LogP contribution in [0.5, 0.6) is 11.5 Å². The van der Waals surface area contributed by atoms with E-state index in [-0.39, 0.29) is 29.8 Å². The summed E-state index contributed by atoms with van der Waals surface area (Å²) in [5.74, 6) is 0.424. The van der Waals surface area contributed by atoms with Gasteiger partial charge in [0.1, 0.15) is 24.1 Å². The molecule has 1 aliphatic carbocycles. The van der Waals surface area contributed by atoms with Crippen LogP contribution in [-0.2, 0) is 32.6 Å². The Morgan fingerprint density at radius 1 is 0.717 bits per heavy atom. The molecule has 0 heterocycles. The Morgan fingerprint density at radius 3 is 2.00 bits per heavy atom. The fraction of sp³-hybridized carbons (Fsp3) is 0.273. The van der Waals surface area contributed by atoms with Crippen molar-refractivity contribution < 1.29 is 22.7 Å². The van der Waals surface area contributed by atoms with Gasteiger partial charge in [0.25, 0.3) is 10.0 Å². The second kappa shape index (κ2) is 17.4. The van der Waals surface area contributed by atoms with E-state index in [9.17, 15) is 18.0 Å². The number of anilines is 1. The molecule has 0 saturated heterocycles. The molecule has 0 aliphatic heterocycles. The number of ether oxygens (including phenoxy) is 1. The van der Waals surface area contributed by atoms with Gasteiger partial charge in [-0.25, -0.2) is 8.42 Å². The van der Waals surface area contributed by atoms with Crippen molar-refractivity contribution in [1.82, 2.24) is 10.2 Å². The molecule has 9 heteroatoms. The van der Waals surface area contributed by atoms with E-state index in [1.165, 1.54) is 0 Å². The number of nitrogens with zero attached hydrogens (tertiary/aromatic N) is 2. The maximum Gasteiger partial charge on any atom is 0.264 e. The molecule has 0 radical (unpaired) electrons. The molecule has 53 heavy (non-hydrogen) atoms. The second-order valence-corrected chi connectivity index (χ2v) is 15.7. The number of benzene rings is 5. The van der Waals surface area contributed by atoms with Crippen molar-refractivity contribution in [3.05, 3.63) is 156 Å². The third-order valence-electron chi connectivity index (χ3n) is 9.65. The number of sulfonamides is 1. The van der Waals surface area contributed by atoms with Crippen molar-refractivity contribution in [3.63, 3.8) is 0 Å². The first-order chi connectivity index (χ1) is 25.7. The molecule has 5 aromatic rings. The average molecular weight is 730 g/mol. The lowest BCUT2D eigenvalue weighted by Gasteiger charge is -2.35. The Labute approximate surface area is 313 Å². The van der Waals surface area contributed by atoms with E-state index < -0.39 is 28.5 Å². The van der Waals surface area contributed by atoms with Crippen LogP contribution in [0.15, 0.2) is 138 Å². The lowest BCUT2D eigenvalue weighted by atomic mass is 9.94. The summed E-state index contributed by atoms with van der Waals surface area (Å²) in [4.78, 5) is 30.9. The summed E-state index contributed by atoms with van der Waals surface area (Å²) < 4.78 is 36.1. The van der Waals surface area contributed by atoms with Crippen LogP contribution in [-0.4, -0.2) is 43.8 Å². The predicted molar refractivity (Wildman–Crippen MR) is 209 cm³/mol. The highest BCUT2D eigenvalue weighted by Crippen LogP contribution is 2.29. The number of carbonyl (C=O) groups is 2. The van der Waals surface area contributed by atoms with Gasteiger partial charge in [0.15, 0.2) is 0 Å². The van der Waals surface area contributed by atoms with Gasteiger partial charge in [-0.2, -0.15) is 0 Å². The maximum atomic E-state index is 14.9. The minimum Gasteiger partial charge on any atom is -0.457 e. The molecule has 0 aromatic heterocycles. The third kappa shape index (κ3) is 9.93. The Kier molecular flexibility index (Phi) is 12.3. The molecule has 8 nitrogen and oxygen atoms in total. The molecule has 5 aromatic carbocycles. The molecule has 0 bridgehead atoms. The van der Waals surface area contributed by atoms with Crippen LogP contribution in [0.4, 0.5) is 5.69 Å². The quantitative estimate of drug-likeness (QED) is 0.124. The minimum atomic E-state index is -4.23. The van der Waals surface area contributed by atoms with Crippen molar-refractivity contribution in [2.75, 3.05) is 10.8 Å². The summed E-state index contributed by atoms with van der Waals surface area (Å²) >= 11 is 0. The van der Waals surface area contributed by atoms with Crippen LogP contribution in [0.3, 0.4) is 0 Å². The van der Waals surface area contributed by atoms with E-state index in [4.69, 9.17) is 4.74 Å². The number of nitrogens with one attached hydrogen (secondary N) is 1. The predicted octanol–water partition coefficient (Wildman–Crippen LogP) is 8.38. The molecular weight excluding hydrogens is 683 g/mol. The van der Waals surface area contributed by atoms with Gasteiger partial charge < -0.3 is 15.0 Å². The average Bonchev–Trinajstić information content (AvgIpc) is 3.17. The Hall–Kier alpha value is -5.41. The van der Waals surface area contributed by atoms with E-state index in [0.717, 1.165) is 58.7 Å². The van der Waals surface area contributed by atoms with Crippen molar-refractivity contribution in [2.24, 2.45) is 0 Å². The smallest absolute Gasteiger partial charge is 0.264 e. The molecular formula is C44H47N3O5S. The van der Waals surface area contributed by atoms with E-state index in [1.807, 2.05) is 98.8 Å². The normalized spacial score (nSPS) is 13.8. The van der Waals surface area contributed by atoms with Crippen molar-refractivity contribution in [2.45, 2.75) is 75.9 Å². The molecule has 0 spiro atoms. The molecule has 1 atom stereocenters. The maximum absolute atomic E-state index is 14.9. The highest BCUT2D eigenvalue weighted by atomic mass is 32.2. The molecule has 1 saturated carbocycles. The molecule has 1 aliphatic rings. The summed E-state index contributed by atoms with van der Waals surface area (Å²) in [5, 5.41) is 3.27. The Morgan fingerprint density at radius 2 is 1.34 bits per heavy atom. The topological polar surface area (TPSA) is 96.0 Å². The van der Waals surface area contributed by atoms with Gasteiger partial charge in [-0.05, 0) is 86.3 Å². The zero-order valence-electron chi connectivity index (χ0n) is 30.4. The molecule has 274 valence electrons. The van der Waals surface area contributed by atoms with Crippen LogP contribution in [0, 0.1) is 13.8 Å². The summed E-state index contributed by atoms with van der Waals surface area (Å²) in [5.41, 5.74) is 3.96. The molecule has 1 N–H and O–H groups in total. The van der Waals surface area contributed by atoms with Crippen molar-refractivity contribution >= 4 is 27.5 Å². The molecule has 2 amide bonds. The van der Waals surface area contributed by atoms with Gasteiger partial charge in [-0.15, -0.1) is 0 Å². The Balaban J connectivity index is 1.38. The standard InChI is InChI=1S/C44H47N3O5S/c1-33-21-27-41(28-22-33)53(50,51)47(38-23-25-40(26-24-38)52-39-19-10-5-11-20-39)32-43(48)46(31-36-16-12-13-34(2)29-36)42(30-35-14-6-3-7-15-35)44(49)45-37-17-8-4-9-18-37/h3,5-7,10-16,19-29,37,42H,4,8-9,17-18,30-32H2,1-2H3,(H,45,49)/t42-/m0/s1. The zero-order valence-corrected chi connectivity index (χ0v) is 31.2. The highest BCUT2D eigenvalue weighted by molar-refractivity contribution is 7.92.